The van der Waals surface area contributed by atoms with Crippen LogP contribution >= 0.6 is 0 Å². The number of nitrogens with two attached hydrogens (primary N) is 1. The zero-order chi connectivity index (χ0) is 20.8. The second-order valence-corrected chi connectivity index (χ2v) is 8.60. The van der Waals surface area contributed by atoms with Crippen LogP contribution in [0.15, 0.2) is 48.7 Å². The molecule has 0 radical (unpaired) electrons. The van der Waals surface area contributed by atoms with Crippen LogP contribution in [0.4, 0.5) is 5.69 Å². The number of cyclic esters (lactones) is 1. The molecule has 5 nitrogen and oxygen atoms in total. The number of hydrogen-bond donors (Lipinski definition) is 2. The van der Waals surface area contributed by atoms with Gasteiger partial charge in [0.1, 0.15) is 6.10 Å². The van der Waals surface area contributed by atoms with Crippen LogP contribution in [0.5, 0.6) is 0 Å². The lowest BCUT2D eigenvalue weighted by atomic mass is 9.60. The zero-order valence-electron chi connectivity index (χ0n) is 17.1. The molecule has 2 aliphatic rings. The molecule has 0 bridgehead atoms. The summed E-state index contributed by atoms with van der Waals surface area (Å²) in [5.74, 6) is -0.121. The molecule has 1 aromatic carbocycles. The first-order valence-electron chi connectivity index (χ1n) is 10.2. The average molecular weight is 392 g/mol. The third-order valence-electron chi connectivity index (χ3n) is 6.80. The van der Waals surface area contributed by atoms with E-state index in [1.807, 2.05) is 55.6 Å². The maximum atomic E-state index is 12.3. The summed E-state index contributed by atoms with van der Waals surface area (Å²) in [5.41, 5.74) is 8.16. The number of para-hydroxylation sites is 1. The van der Waals surface area contributed by atoms with Gasteiger partial charge >= 0.3 is 5.97 Å². The molecule has 1 saturated carbocycles. The van der Waals surface area contributed by atoms with E-state index in [-0.39, 0.29) is 23.9 Å². The lowest BCUT2D eigenvalue weighted by molar-refractivity contribution is -0.160. The Morgan fingerprint density at radius 3 is 2.66 bits per heavy atom. The minimum absolute atomic E-state index is 0.0384. The highest BCUT2D eigenvalue weighted by Gasteiger charge is 2.61. The Bertz CT molecular complexity index is 939. The van der Waals surface area contributed by atoms with Crippen molar-refractivity contribution >= 4 is 17.7 Å². The second kappa shape index (κ2) is 7.30. The summed E-state index contributed by atoms with van der Waals surface area (Å²) in [7, 11) is 0. The van der Waals surface area contributed by atoms with E-state index in [4.69, 9.17) is 10.5 Å². The first-order chi connectivity index (χ1) is 13.8. The normalized spacial score (nSPS) is 34.2. The highest BCUT2D eigenvalue weighted by atomic mass is 16.6. The number of anilines is 1. The van der Waals surface area contributed by atoms with E-state index in [9.17, 15) is 9.90 Å². The number of carbonyl (C=O) groups excluding carboxylic acids is 1. The van der Waals surface area contributed by atoms with Crippen LogP contribution < -0.4 is 5.73 Å². The molecular weight excluding hydrogens is 364 g/mol. The number of hydrogen-bond acceptors (Lipinski definition) is 5. The van der Waals surface area contributed by atoms with Crippen LogP contribution in [0.1, 0.15) is 32.9 Å². The van der Waals surface area contributed by atoms with Crippen molar-refractivity contribution in [2.24, 2.45) is 23.7 Å². The number of nitrogen functional groups attached to an aromatic ring is 1. The Kier molecular flexibility index (Phi) is 4.95. The van der Waals surface area contributed by atoms with Gasteiger partial charge in [-0.25, -0.2) is 4.79 Å². The number of carbonyl (C=O) groups is 1. The molecule has 6 atom stereocenters. The van der Waals surface area contributed by atoms with Crippen molar-refractivity contribution in [3.05, 3.63) is 54.4 Å². The Morgan fingerprint density at radius 2 is 1.97 bits per heavy atom. The smallest absolute Gasteiger partial charge is 0.338 e. The van der Waals surface area contributed by atoms with E-state index < -0.39 is 11.6 Å². The van der Waals surface area contributed by atoms with Crippen molar-refractivity contribution in [2.45, 2.75) is 38.9 Å². The van der Waals surface area contributed by atoms with Gasteiger partial charge in [0.25, 0.3) is 0 Å². The molecule has 1 saturated heterocycles. The molecule has 152 valence electrons. The van der Waals surface area contributed by atoms with Crippen LogP contribution in [0.2, 0.25) is 0 Å². The highest BCUT2D eigenvalue weighted by molar-refractivity contribution is 5.82. The number of esters is 1. The summed E-state index contributed by atoms with van der Waals surface area (Å²) in [6, 6.07) is 11.7. The van der Waals surface area contributed by atoms with E-state index in [2.05, 4.69) is 24.9 Å². The zero-order valence-corrected chi connectivity index (χ0v) is 17.1. The fourth-order valence-corrected chi connectivity index (χ4v) is 5.03. The van der Waals surface area contributed by atoms with Gasteiger partial charge in [-0.2, -0.15) is 0 Å². The molecule has 5 heteroatoms. The van der Waals surface area contributed by atoms with Gasteiger partial charge < -0.3 is 15.6 Å². The van der Waals surface area contributed by atoms with Crippen LogP contribution in [-0.4, -0.2) is 27.8 Å². The standard InChI is InChI=1S/C24H28N2O3/c1-14-12-24(28)22(16(3)29-23(24)27)19(15(14)2)11-10-18-9-8-17(13-26-18)20-6-4-5-7-21(20)25/h4-11,13-16,19,22,28H,12,25H2,1-3H3/b11-10+/t14-,15?,16+,19-,22-,24-/m0/s1. The molecule has 4 rings (SSSR count). The number of allylic oxidation sites excluding steroid dienone is 1. The number of benzene rings is 1. The second-order valence-electron chi connectivity index (χ2n) is 8.60. The fourth-order valence-electron chi connectivity index (χ4n) is 5.03. The minimum Gasteiger partial charge on any atom is -0.460 e. The number of aliphatic hydroxyl groups is 1. The van der Waals surface area contributed by atoms with Gasteiger partial charge in [0.15, 0.2) is 5.60 Å². The van der Waals surface area contributed by atoms with E-state index >= 15 is 0 Å². The van der Waals surface area contributed by atoms with Crippen molar-refractivity contribution in [3.8, 4) is 11.1 Å². The van der Waals surface area contributed by atoms with Gasteiger partial charge in [-0.15, -0.1) is 0 Å². The minimum atomic E-state index is -1.39. The predicted molar refractivity (Wildman–Crippen MR) is 114 cm³/mol. The summed E-state index contributed by atoms with van der Waals surface area (Å²) in [5, 5.41) is 11.1. The summed E-state index contributed by atoms with van der Waals surface area (Å²) in [4.78, 5) is 16.9. The van der Waals surface area contributed by atoms with Crippen LogP contribution in [0.3, 0.4) is 0 Å². The van der Waals surface area contributed by atoms with Crippen LogP contribution in [0.25, 0.3) is 17.2 Å². The third-order valence-corrected chi connectivity index (χ3v) is 6.80. The largest absolute Gasteiger partial charge is 0.460 e. The molecule has 29 heavy (non-hydrogen) atoms. The Labute approximate surface area is 171 Å². The highest BCUT2D eigenvalue weighted by Crippen LogP contribution is 2.51. The van der Waals surface area contributed by atoms with Gasteiger partial charge in [-0.3, -0.25) is 4.98 Å². The number of pyridine rings is 1. The van der Waals surface area contributed by atoms with E-state index in [1.165, 1.54) is 0 Å². The first-order valence-corrected chi connectivity index (χ1v) is 10.2. The number of rotatable bonds is 3. The maximum absolute atomic E-state index is 12.3. The molecular formula is C24H28N2O3. The molecule has 0 spiro atoms. The molecule has 1 aliphatic heterocycles. The average Bonchev–Trinajstić information content (AvgIpc) is 2.92. The fraction of sp³-hybridized carbons (Fsp3) is 0.417. The SMILES string of the molecule is CC1[C@@H](C)C[C@@]2(O)C(=O)O[C@H](C)[C@H]2[C@H]1/C=C/c1ccc(-c2ccccc2N)cn1. The van der Waals surface area contributed by atoms with E-state index in [1.54, 1.807) is 0 Å². The van der Waals surface area contributed by atoms with Gasteiger partial charge in [0, 0.05) is 28.9 Å². The molecule has 0 amide bonds. The summed E-state index contributed by atoms with van der Waals surface area (Å²) in [6.45, 7) is 6.15. The van der Waals surface area contributed by atoms with Crippen molar-refractivity contribution in [1.82, 2.24) is 4.98 Å². The molecule has 1 aliphatic carbocycles. The molecule has 2 fully saturated rings. The topological polar surface area (TPSA) is 85.4 Å². The van der Waals surface area contributed by atoms with Gasteiger partial charge in [0.2, 0.25) is 0 Å². The predicted octanol–water partition coefficient (Wildman–Crippen LogP) is 3.93. The Balaban J connectivity index is 1.59. The summed E-state index contributed by atoms with van der Waals surface area (Å²) >= 11 is 0. The van der Waals surface area contributed by atoms with Gasteiger partial charge in [-0.1, -0.05) is 44.2 Å². The van der Waals surface area contributed by atoms with Gasteiger partial charge in [0.05, 0.1) is 5.69 Å². The van der Waals surface area contributed by atoms with Crippen molar-refractivity contribution in [2.75, 3.05) is 5.73 Å². The molecule has 2 aromatic rings. The number of ether oxygens (including phenoxy) is 1. The van der Waals surface area contributed by atoms with E-state index in [0.717, 1.165) is 22.5 Å². The first kappa shape index (κ1) is 19.6. The van der Waals surface area contributed by atoms with Crippen molar-refractivity contribution in [3.63, 3.8) is 0 Å². The third kappa shape index (κ3) is 3.33. The van der Waals surface area contributed by atoms with E-state index in [0.29, 0.717) is 12.3 Å². The quantitative estimate of drug-likeness (QED) is 0.611. The Morgan fingerprint density at radius 1 is 1.21 bits per heavy atom. The molecule has 1 aromatic heterocycles. The molecule has 2 heterocycles. The number of fused-ring (bicyclic) bond motifs is 1. The molecule has 1 unspecified atom stereocenters. The summed E-state index contributed by atoms with van der Waals surface area (Å²) in [6.07, 6.45) is 6.05. The monoisotopic (exact) mass is 392 g/mol. The van der Waals surface area contributed by atoms with Crippen LogP contribution in [-0.2, 0) is 9.53 Å². The lowest BCUT2D eigenvalue weighted by Gasteiger charge is -2.44. The maximum Gasteiger partial charge on any atom is 0.338 e. The summed E-state index contributed by atoms with van der Waals surface area (Å²) < 4.78 is 5.42. The Hall–Kier alpha value is -2.66. The number of nitrogens with zero attached hydrogens (tertiary/aromatic N) is 1. The van der Waals surface area contributed by atoms with Crippen molar-refractivity contribution < 1.29 is 14.6 Å². The van der Waals surface area contributed by atoms with Gasteiger partial charge in [-0.05, 0) is 49.3 Å². The number of aromatic nitrogens is 1. The van der Waals surface area contributed by atoms with Crippen LogP contribution in [0, 0.1) is 23.7 Å². The van der Waals surface area contributed by atoms with Crippen molar-refractivity contribution in [1.29, 1.82) is 0 Å². The molecule has 3 N–H and O–H groups in total. The lowest BCUT2D eigenvalue weighted by Crippen LogP contribution is -2.52.